The van der Waals surface area contributed by atoms with E-state index in [0.717, 1.165) is 6.42 Å². The summed E-state index contributed by atoms with van der Waals surface area (Å²) in [4.78, 5) is 13.7. The standard InChI is InChI=1S/C15H22N2O3S/c1-12(2)15(18)17-10-6-9-14(11-17)21(19,20)16-13-7-4-3-5-8-13/h3-5,7-8,12,14,16H,6,9-11H2,1-2H3/t14-/m0/s1. The molecule has 2 rings (SSSR count). The number of hydrogen-bond acceptors (Lipinski definition) is 3. The van der Waals surface area contributed by atoms with Crippen molar-refractivity contribution in [2.75, 3.05) is 17.8 Å². The van der Waals surface area contributed by atoms with Crippen LogP contribution in [-0.2, 0) is 14.8 Å². The first kappa shape index (κ1) is 15.8. The van der Waals surface area contributed by atoms with Gasteiger partial charge < -0.3 is 4.90 Å². The third-order valence-electron chi connectivity index (χ3n) is 3.66. The van der Waals surface area contributed by atoms with E-state index in [9.17, 15) is 13.2 Å². The van der Waals surface area contributed by atoms with E-state index >= 15 is 0 Å². The number of piperidine rings is 1. The van der Waals surface area contributed by atoms with Crippen LogP contribution in [0.25, 0.3) is 0 Å². The van der Waals surface area contributed by atoms with Crippen LogP contribution in [0, 0.1) is 5.92 Å². The summed E-state index contributed by atoms with van der Waals surface area (Å²) in [7, 11) is -3.47. The van der Waals surface area contributed by atoms with Crippen molar-refractivity contribution in [3.8, 4) is 0 Å². The summed E-state index contributed by atoms with van der Waals surface area (Å²) in [6.07, 6.45) is 1.31. The highest BCUT2D eigenvalue weighted by atomic mass is 32.2. The lowest BCUT2D eigenvalue weighted by atomic mass is 10.1. The summed E-state index contributed by atoms with van der Waals surface area (Å²) >= 11 is 0. The number of hydrogen-bond donors (Lipinski definition) is 1. The van der Waals surface area contributed by atoms with Crippen molar-refractivity contribution in [2.24, 2.45) is 5.92 Å². The van der Waals surface area contributed by atoms with Crippen molar-refractivity contribution in [3.05, 3.63) is 30.3 Å². The highest BCUT2D eigenvalue weighted by molar-refractivity contribution is 7.93. The van der Waals surface area contributed by atoms with E-state index in [1.54, 1.807) is 29.2 Å². The van der Waals surface area contributed by atoms with Gasteiger partial charge in [-0.3, -0.25) is 9.52 Å². The van der Waals surface area contributed by atoms with Crippen molar-refractivity contribution in [1.82, 2.24) is 4.90 Å². The molecule has 1 aromatic carbocycles. The molecule has 1 aromatic rings. The van der Waals surface area contributed by atoms with Gasteiger partial charge in [-0.2, -0.15) is 0 Å². The molecule has 5 nitrogen and oxygen atoms in total. The molecule has 1 N–H and O–H groups in total. The Morgan fingerprint density at radius 1 is 1.29 bits per heavy atom. The lowest BCUT2D eigenvalue weighted by Gasteiger charge is -2.33. The van der Waals surface area contributed by atoms with Crippen LogP contribution in [0.1, 0.15) is 26.7 Å². The molecule has 1 heterocycles. The molecule has 0 radical (unpaired) electrons. The fourth-order valence-corrected chi connectivity index (χ4v) is 4.00. The number of rotatable bonds is 4. The van der Waals surface area contributed by atoms with Gasteiger partial charge in [0.15, 0.2) is 0 Å². The summed E-state index contributed by atoms with van der Waals surface area (Å²) < 4.78 is 27.5. The van der Waals surface area contributed by atoms with Crippen molar-refractivity contribution in [1.29, 1.82) is 0 Å². The van der Waals surface area contributed by atoms with Gasteiger partial charge in [0.2, 0.25) is 15.9 Å². The predicted molar refractivity (Wildman–Crippen MR) is 83.4 cm³/mol. The molecule has 21 heavy (non-hydrogen) atoms. The second-order valence-corrected chi connectivity index (χ2v) is 7.68. The van der Waals surface area contributed by atoms with E-state index in [-0.39, 0.29) is 18.4 Å². The van der Waals surface area contributed by atoms with Gasteiger partial charge in [-0.1, -0.05) is 32.0 Å². The number of anilines is 1. The summed E-state index contributed by atoms with van der Waals surface area (Å²) in [5, 5.41) is -0.547. The maximum atomic E-state index is 12.4. The smallest absolute Gasteiger partial charge is 0.237 e. The molecule has 1 saturated heterocycles. The van der Waals surface area contributed by atoms with Crippen molar-refractivity contribution in [2.45, 2.75) is 31.9 Å². The Balaban J connectivity index is 2.08. The third-order valence-corrected chi connectivity index (χ3v) is 5.44. The van der Waals surface area contributed by atoms with E-state index in [4.69, 9.17) is 0 Å². The zero-order valence-electron chi connectivity index (χ0n) is 12.5. The Labute approximate surface area is 126 Å². The van der Waals surface area contributed by atoms with Gasteiger partial charge in [0.1, 0.15) is 0 Å². The van der Waals surface area contributed by atoms with Crippen LogP contribution in [0.15, 0.2) is 30.3 Å². The fourth-order valence-electron chi connectivity index (χ4n) is 2.51. The largest absolute Gasteiger partial charge is 0.341 e. The summed E-state index contributed by atoms with van der Waals surface area (Å²) in [5.41, 5.74) is 0.560. The first-order valence-electron chi connectivity index (χ1n) is 7.25. The molecule has 1 aliphatic rings. The van der Waals surface area contributed by atoms with Crippen molar-refractivity contribution < 1.29 is 13.2 Å². The molecule has 0 aliphatic carbocycles. The number of para-hydroxylation sites is 1. The van der Waals surface area contributed by atoms with E-state index in [1.807, 2.05) is 19.9 Å². The maximum Gasteiger partial charge on any atom is 0.237 e. The van der Waals surface area contributed by atoms with Crippen molar-refractivity contribution >= 4 is 21.6 Å². The molecule has 1 amide bonds. The minimum Gasteiger partial charge on any atom is -0.341 e. The summed E-state index contributed by atoms with van der Waals surface area (Å²) in [5.74, 6) is -0.0804. The first-order chi connectivity index (χ1) is 9.90. The molecule has 0 saturated carbocycles. The number of nitrogens with zero attached hydrogens (tertiary/aromatic N) is 1. The zero-order chi connectivity index (χ0) is 15.5. The van der Waals surface area contributed by atoms with E-state index in [2.05, 4.69) is 4.72 Å². The van der Waals surface area contributed by atoms with Gasteiger partial charge in [0.25, 0.3) is 0 Å². The minimum absolute atomic E-state index is 0.0228. The van der Waals surface area contributed by atoms with Crippen LogP contribution in [0.3, 0.4) is 0 Å². The van der Waals surface area contributed by atoms with Gasteiger partial charge in [-0.25, -0.2) is 8.42 Å². The fraction of sp³-hybridized carbons (Fsp3) is 0.533. The summed E-state index contributed by atoms with van der Waals surface area (Å²) in [6.45, 7) is 4.60. The summed E-state index contributed by atoms with van der Waals surface area (Å²) in [6, 6.07) is 8.84. The van der Waals surface area contributed by atoms with Crippen LogP contribution >= 0.6 is 0 Å². The minimum atomic E-state index is -3.47. The quantitative estimate of drug-likeness (QED) is 0.926. The van der Waals surface area contributed by atoms with E-state index in [1.165, 1.54) is 0 Å². The van der Waals surface area contributed by atoms with Crippen LogP contribution in [0.4, 0.5) is 5.69 Å². The Hall–Kier alpha value is -1.56. The average Bonchev–Trinajstić information content (AvgIpc) is 2.47. The third kappa shape index (κ3) is 3.97. The lowest BCUT2D eigenvalue weighted by Crippen LogP contribution is -2.47. The molecule has 0 spiro atoms. The monoisotopic (exact) mass is 310 g/mol. The maximum absolute atomic E-state index is 12.4. The molecule has 116 valence electrons. The molecule has 1 fully saturated rings. The topological polar surface area (TPSA) is 66.5 Å². The highest BCUT2D eigenvalue weighted by Crippen LogP contribution is 2.21. The van der Waals surface area contributed by atoms with Gasteiger partial charge in [0.05, 0.1) is 5.25 Å². The Bertz CT molecular complexity index is 584. The molecule has 0 unspecified atom stereocenters. The van der Waals surface area contributed by atoms with Gasteiger partial charge >= 0.3 is 0 Å². The Morgan fingerprint density at radius 2 is 1.95 bits per heavy atom. The lowest BCUT2D eigenvalue weighted by molar-refractivity contribution is -0.135. The number of carbonyl (C=O) groups excluding carboxylic acids is 1. The normalized spacial score (nSPS) is 19.6. The van der Waals surface area contributed by atoms with Crippen molar-refractivity contribution in [3.63, 3.8) is 0 Å². The predicted octanol–water partition coefficient (Wildman–Crippen LogP) is 2.08. The molecule has 1 aliphatic heterocycles. The number of benzene rings is 1. The molecule has 1 atom stereocenters. The Morgan fingerprint density at radius 3 is 2.57 bits per heavy atom. The molecule has 0 bridgehead atoms. The van der Waals surface area contributed by atoms with Crippen LogP contribution in [0.2, 0.25) is 0 Å². The van der Waals surface area contributed by atoms with Gasteiger partial charge in [-0.05, 0) is 25.0 Å². The second-order valence-electron chi connectivity index (χ2n) is 5.72. The van der Waals surface area contributed by atoms with Gasteiger partial charge in [-0.15, -0.1) is 0 Å². The van der Waals surface area contributed by atoms with E-state index < -0.39 is 15.3 Å². The molecular weight excluding hydrogens is 288 g/mol. The number of carbonyl (C=O) groups is 1. The van der Waals surface area contributed by atoms with Gasteiger partial charge in [0, 0.05) is 24.7 Å². The number of nitrogens with one attached hydrogen (secondary N) is 1. The number of sulfonamides is 1. The zero-order valence-corrected chi connectivity index (χ0v) is 13.3. The van der Waals surface area contributed by atoms with E-state index in [0.29, 0.717) is 18.7 Å². The average molecular weight is 310 g/mol. The molecule has 6 heteroatoms. The number of likely N-dealkylation sites (tertiary alicyclic amines) is 1. The Kier molecular flexibility index (Phi) is 4.88. The number of amides is 1. The SMILES string of the molecule is CC(C)C(=O)N1CCC[C@H](S(=O)(=O)Nc2ccccc2)C1. The van der Waals surface area contributed by atoms with Crippen LogP contribution < -0.4 is 4.72 Å². The van der Waals surface area contributed by atoms with Crippen LogP contribution in [0.5, 0.6) is 0 Å². The molecule has 0 aromatic heterocycles. The first-order valence-corrected chi connectivity index (χ1v) is 8.80. The molecular formula is C15H22N2O3S. The highest BCUT2D eigenvalue weighted by Gasteiger charge is 2.33. The van der Waals surface area contributed by atoms with Crippen LogP contribution in [-0.4, -0.2) is 37.6 Å². The second kappa shape index (κ2) is 6.47.